The van der Waals surface area contributed by atoms with Crippen LogP contribution in [0.5, 0.6) is 0 Å². The maximum Gasteiger partial charge on any atom is 0.216 e. The first-order valence-corrected chi connectivity index (χ1v) is 8.22. The van der Waals surface area contributed by atoms with Crippen molar-refractivity contribution in [1.29, 1.82) is 5.41 Å². The van der Waals surface area contributed by atoms with Gasteiger partial charge in [-0.15, -0.1) is 0 Å². The second kappa shape index (κ2) is 6.29. The van der Waals surface area contributed by atoms with Crippen LogP contribution in [0.4, 0.5) is 0 Å². The van der Waals surface area contributed by atoms with Crippen molar-refractivity contribution in [1.82, 2.24) is 5.32 Å². The number of hydrogen-bond donors (Lipinski definition) is 3. The highest BCUT2D eigenvalue weighted by molar-refractivity contribution is 7.80. The van der Waals surface area contributed by atoms with E-state index in [9.17, 15) is 5.11 Å². The molecule has 2 heterocycles. The molecule has 0 unspecified atom stereocenters. The quantitative estimate of drug-likeness (QED) is 0.341. The van der Waals surface area contributed by atoms with E-state index in [1.165, 1.54) is 0 Å². The number of aliphatic hydroxyl groups is 1. The molecule has 1 fully saturated rings. The average molecular weight is 338 g/mol. The van der Waals surface area contributed by atoms with Crippen LogP contribution in [0.1, 0.15) is 30.1 Å². The minimum Gasteiger partial charge on any atom is -0.366 e. The molecule has 0 amide bonds. The van der Waals surface area contributed by atoms with Crippen LogP contribution in [0.15, 0.2) is 60.3 Å². The zero-order chi connectivity index (χ0) is 17.3. The standard InChI is InChI=1S/C19H19N3OS/c1-13-8-6-7-11-22(13)17-16(14-9-4-3-5-10-14)15(12-20)18(24)21-19(17,2)23/h3-11,16-17,20,23H,1-2H3/p+1/t16-,17+,19+/m0/s1. The Morgan fingerprint density at radius 2 is 1.88 bits per heavy atom. The zero-order valence-corrected chi connectivity index (χ0v) is 14.5. The highest BCUT2D eigenvalue weighted by atomic mass is 32.1. The number of thiocarbonyl (C=S) groups is 1. The number of benzene rings is 1. The van der Waals surface area contributed by atoms with Crippen molar-refractivity contribution in [3.05, 3.63) is 71.6 Å². The van der Waals surface area contributed by atoms with Crippen LogP contribution in [0.3, 0.4) is 0 Å². The van der Waals surface area contributed by atoms with Gasteiger partial charge in [0.05, 0.1) is 11.5 Å². The van der Waals surface area contributed by atoms with Gasteiger partial charge < -0.3 is 10.4 Å². The van der Waals surface area contributed by atoms with Crippen molar-refractivity contribution >= 4 is 23.1 Å². The van der Waals surface area contributed by atoms with Crippen molar-refractivity contribution in [3.8, 4) is 0 Å². The highest BCUT2D eigenvalue weighted by Crippen LogP contribution is 2.41. The van der Waals surface area contributed by atoms with Gasteiger partial charge in [0.25, 0.3) is 0 Å². The Kier molecular flexibility index (Phi) is 4.33. The third kappa shape index (κ3) is 2.78. The summed E-state index contributed by atoms with van der Waals surface area (Å²) < 4.78 is 2.03. The van der Waals surface area contributed by atoms with E-state index in [2.05, 4.69) is 11.2 Å². The Hall–Kier alpha value is -2.33. The molecule has 122 valence electrons. The van der Waals surface area contributed by atoms with Gasteiger partial charge in [0, 0.05) is 19.1 Å². The normalized spacial score (nSPS) is 26.6. The van der Waals surface area contributed by atoms with Crippen molar-refractivity contribution in [2.75, 3.05) is 0 Å². The fourth-order valence-corrected chi connectivity index (χ4v) is 3.81. The third-order valence-electron chi connectivity index (χ3n) is 4.51. The number of aromatic nitrogens is 1. The number of aryl methyl sites for hydroxylation is 1. The number of rotatable bonds is 2. The summed E-state index contributed by atoms with van der Waals surface area (Å²) in [6.45, 7) is 3.72. The van der Waals surface area contributed by atoms with E-state index in [0.29, 0.717) is 10.6 Å². The molecule has 3 rings (SSSR count). The predicted molar refractivity (Wildman–Crippen MR) is 97.2 cm³/mol. The van der Waals surface area contributed by atoms with Gasteiger partial charge in [-0.3, -0.25) is 5.41 Å². The van der Waals surface area contributed by atoms with Crippen LogP contribution in [-0.2, 0) is 0 Å². The van der Waals surface area contributed by atoms with Crippen LogP contribution in [0, 0.1) is 12.3 Å². The molecule has 5 heteroatoms. The van der Waals surface area contributed by atoms with Gasteiger partial charge in [-0.1, -0.05) is 48.6 Å². The lowest BCUT2D eigenvalue weighted by Crippen LogP contribution is -2.66. The SMILES string of the molecule is Cc1cccc[n+]1[C@@H]1[C@@H](c2ccccc2)C(=C=N)C(=S)N[C@]1(C)O. The van der Waals surface area contributed by atoms with E-state index in [1.54, 1.807) is 6.92 Å². The van der Waals surface area contributed by atoms with Crippen LogP contribution in [0.2, 0.25) is 0 Å². The Balaban J connectivity index is 2.26. The maximum atomic E-state index is 11.1. The van der Waals surface area contributed by atoms with Crippen LogP contribution in [-0.4, -0.2) is 21.7 Å². The lowest BCUT2D eigenvalue weighted by molar-refractivity contribution is -0.745. The second-order valence-corrected chi connectivity index (χ2v) is 6.63. The van der Waals surface area contributed by atoms with Crippen molar-refractivity contribution < 1.29 is 9.67 Å². The third-order valence-corrected chi connectivity index (χ3v) is 4.83. The first-order chi connectivity index (χ1) is 11.5. The number of nitrogens with one attached hydrogen (secondary N) is 2. The number of nitrogens with zero attached hydrogens (tertiary/aromatic N) is 1. The number of pyridine rings is 1. The maximum absolute atomic E-state index is 11.1. The van der Waals surface area contributed by atoms with E-state index >= 15 is 0 Å². The van der Waals surface area contributed by atoms with Crippen LogP contribution in [0.25, 0.3) is 0 Å². The molecule has 3 N–H and O–H groups in total. The molecule has 3 atom stereocenters. The van der Waals surface area contributed by atoms with Crippen LogP contribution >= 0.6 is 12.2 Å². The molecular weight excluding hydrogens is 318 g/mol. The van der Waals surface area contributed by atoms with Gasteiger partial charge in [-0.2, -0.15) is 4.57 Å². The Morgan fingerprint density at radius 1 is 1.21 bits per heavy atom. The Morgan fingerprint density at radius 3 is 2.50 bits per heavy atom. The molecule has 1 aromatic carbocycles. The molecule has 0 spiro atoms. The molecule has 1 aromatic heterocycles. The lowest BCUT2D eigenvalue weighted by atomic mass is 9.77. The fourth-order valence-electron chi connectivity index (χ4n) is 3.42. The summed E-state index contributed by atoms with van der Waals surface area (Å²) in [6, 6.07) is 15.4. The topological polar surface area (TPSA) is 60.0 Å². The Bertz CT molecular complexity index is 826. The fraction of sp³-hybridized carbons (Fsp3) is 0.263. The molecular formula is C19H20N3OS+. The van der Waals surface area contributed by atoms with Crippen molar-refractivity contribution in [3.63, 3.8) is 0 Å². The summed E-state index contributed by atoms with van der Waals surface area (Å²) in [5, 5.41) is 21.8. The minimum absolute atomic E-state index is 0.265. The molecule has 0 aliphatic carbocycles. The van der Waals surface area contributed by atoms with E-state index < -0.39 is 5.72 Å². The van der Waals surface area contributed by atoms with E-state index in [-0.39, 0.29) is 12.0 Å². The molecule has 0 radical (unpaired) electrons. The molecule has 0 bridgehead atoms. The first-order valence-electron chi connectivity index (χ1n) is 7.82. The molecule has 1 aliphatic rings. The summed E-state index contributed by atoms with van der Waals surface area (Å²) in [5.74, 6) is 2.23. The van der Waals surface area contributed by atoms with Gasteiger partial charge in [0.2, 0.25) is 6.04 Å². The zero-order valence-electron chi connectivity index (χ0n) is 13.7. The summed E-state index contributed by atoms with van der Waals surface area (Å²) in [4.78, 5) is 0.370. The molecule has 0 saturated carbocycles. The summed E-state index contributed by atoms with van der Waals surface area (Å²) in [7, 11) is 0. The van der Waals surface area contributed by atoms with Gasteiger partial charge >= 0.3 is 0 Å². The van der Waals surface area contributed by atoms with Gasteiger partial charge in [0.15, 0.2) is 17.6 Å². The number of hydrogen-bond acceptors (Lipinski definition) is 3. The first kappa shape index (κ1) is 16.5. The molecule has 2 aromatic rings. The van der Waals surface area contributed by atoms with Gasteiger partial charge in [-0.05, 0) is 18.4 Å². The number of piperidine rings is 1. The largest absolute Gasteiger partial charge is 0.366 e. The van der Waals surface area contributed by atoms with E-state index in [1.807, 2.05) is 66.2 Å². The minimum atomic E-state index is -1.26. The molecule has 1 aliphatic heterocycles. The van der Waals surface area contributed by atoms with Crippen molar-refractivity contribution in [2.24, 2.45) is 0 Å². The summed E-state index contributed by atoms with van der Waals surface area (Å²) in [5.41, 5.74) is 1.35. The highest BCUT2D eigenvalue weighted by Gasteiger charge is 2.53. The second-order valence-electron chi connectivity index (χ2n) is 6.22. The smallest absolute Gasteiger partial charge is 0.216 e. The Labute approximate surface area is 147 Å². The average Bonchev–Trinajstić information content (AvgIpc) is 2.55. The molecule has 1 saturated heterocycles. The molecule has 4 nitrogen and oxygen atoms in total. The van der Waals surface area contributed by atoms with Gasteiger partial charge in [-0.25, -0.2) is 0 Å². The summed E-state index contributed by atoms with van der Waals surface area (Å²) in [6.07, 6.45) is 1.95. The monoisotopic (exact) mass is 338 g/mol. The van der Waals surface area contributed by atoms with E-state index in [4.69, 9.17) is 17.6 Å². The predicted octanol–water partition coefficient (Wildman–Crippen LogP) is 2.42. The van der Waals surface area contributed by atoms with Gasteiger partial charge in [0.1, 0.15) is 4.99 Å². The molecule has 24 heavy (non-hydrogen) atoms. The van der Waals surface area contributed by atoms with Crippen molar-refractivity contribution in [2.45, 2.75) is 31.5 Å². The van der Waals surface area contributed by atoms with E-state index in [0.717, 1.165) is 11.3 Å². The van der Waals surface area contributed by atoms with Crippen LogP contribution < -0.4 is 9.88 Å². The lowest BCUT2D eigenvalue weighted by Gasteiger charge is -2.41. The summed E-state index contributed by atoms with van der Waals surface area (Å²) >= 11 is 5.39.